The normalized spacial score (nSPS) is 29.3. The number of furan rings is 1. The van der Waals surface area contributed by atoms with Gasteiger partial charge in [-0.1, -0.05) is 27.7 Å². The number of aromatic nitrogens is 1. The van der Waals surface area contributed by atoms with E-state index < -0.39 is 22.9 Å². The first-order valence-electron chi connectivity index (χ1n) is 11.7. The Labute approximate surface area is 198 Å². The molecule has 0 aromatic carbocycles. The molecule has 7 nitrogen and oxygen atoms in total. The van der Waals surface area contributed by atoms with Crippen LogP contribution >= 0.6 is 0 Å². The lowest BCUT2D eigenvalue weighted by Crippen LogP contribution is -2.45. The van der Waals surface area contributed by atoms with Crippen molar-refractivity contribution in [1.29, 1.82) is 0 Å². The van der Waals surface area contributed by atoms with Crippen LogP contribution in [0.5, 0.6) is 0 Å². The molecule has 2 aromatic rings. The highest BCUT2D eigenvalue weighted by Gasteiger charge is 2.51. The molecule has 0 radical (unpaired) electrons. The zero-order valence-corrected chi connectivity index (χ0v) is 20.1. The summed E-state index contributed by atoms with van der Waals surface area (Å²) in [7, 11) is 1.37. The maximum Gasteiger partial charge on any atom is 0.331 e. The average molecular weight is 464 g/mol. The fraction of sp³-hybridized carbons (Fsp3) is 0.481. The third kappa shape index (κ3) is 3.16. The van der Waals surface area contributed by atoms with Crippen molar-refractivity contribution in [2.24, 2.45) is 17.3 Å². The fourth-order valence-electron chi connectivity index (χ4n) is 6.17. The van der Waals surface area contributed by atoms with E-state index in [1.54, 1.807) is 18.6 Å². The van der Waals surface area contributed by atoms with Crippen molar-refractivity contribution < 1.29 is 28.3 Å². The number of esters is 2. The van der Waals surface area contributed by atoms with Crippen LogP contribution in [0.1, 0.15) is 79.5 Å². The molecule has 0 saturated carbocycles. The summed E-state index contributed by atoms with van der Waals surface area (Å²) in [6.07, 6.45) is 5.84. The van der Waals surface area contributed by atoms with Crippen LogP contribution in [0.3, 0.4) is 0 Å². The zero-order chi connectivity index (χ0) is 24.4. The monoisotopic (exact) mass is 463 g/mol. The van der Waals surface area contributed by atoms with Crippen LogP contribution in [0.2, 0.25) is 0 Å². The van der Waals surface area contributed by atoms with Gasteiger partial charge in [0.15, 0.2) is 5.78 Å². The molecule has 0 amide bonds. The topological polar surface area (TPSA) is 95.7 Å². The second-order valence-corrected chi connectivity index (χ2v) is 10.5. The predicted molar refractivity (Wildman–Crippen MR) is 123 cm³/mol. The van der Waals surface area contributed by atoms with Gasteiger partial charge in [0.1, 0.15) is 6.10 Å². The van der Waals surface area contributed by atoms with Crippen LogP contribution in [0.15, 0.2) is 35.2 Å². The minimum absolute atomic E-state index is 0.0313. The zero-order valence-electron chi connectivity index (χ0n) is 20.1. The number of hydrogen-bond donors (Lipinski definition) is 0. The van der Waals surface area contributed by atoms with E-state index in [1.165, 1.54) is 7.11 Å². The average Bonchev–Trinajstić information content (AvgIpc) is 3.34. The number of fused-ring (bicyclic) bond motifs is 4. The number of hydrogen-bond acceptors (Lipinski definition) is 7. The molecule has 0 N–H and O–H groups in total. The molecule has 5 rings (SSSR count). The van der Waals surface area contributed by atoms with Crippen molar-refractivity contribution in [2.75, 3.05) is 7.11 Å². The molecule has 4 atom stereocenters. The Balaban J connectivity index is 1.64. The van der Waals surface area contributed by atoms with E-state index in [2.05, 4.69) is 6.92 Å². The van der Waals surface area contributed by atoms with Crippen LogP contribution in [0.4, 0.5) is 0 Å². The second-order valence-electron chi connectivity index (χ2n) is 10.5. The van der Waals surface area contributed by atoms with Crippen LogP contribution in [0.25, 0.3) is 5.57 Å². The maximum absolute atomic E-state index is 13.5. The van der Waals surface area contributed by atoms with Crippen LogP contribution < -0.4 is 0 Å². The Morgan fingerprint density at radius 2 is 2.00 bits per heavy atom. The van der Waals surface area contributed by atoms with E-state index in [0.29, 0.717) is 12.0 Å². The first kappa shape index (κ1) is 22.6. The molecule has 7 heteroatoms. The maximum atomic E-state index is 13.5. The number of carbonyl (C=O) groups is 3. The van der Waals surface area contributed by atoms with Gasteiger partial charge in [-0.05, 0) is 36.5 Å². The number of carbonyl (C=O) groups excluding carboxylic acids is 3. The summed E-state index contributed by atoms with van der Waals surface area (Å²) in [6, 6.07) is 3.74. The first-order chi connectivity index (χ1) is 16.1. The predicted octanol–water partition coefficient (Wildman–Crippen LogP) is 4.60. The number of cyclic esters (lactones) is 1. The Kier molecular flexibility index (Phi) is 5.08. The van der Waals surface area contributed by atoms with Crippen LogP contribution in [0, 0.1) is 17.3 Å². The molecule has 178 valence electrons. The van der Waals surface area contributed by atoms with Crippen molar-refractivity contribution in [1.82, 2.24) is 4.98 Å². The Morgan fingerprint density at radius 1 is 1.24 bits per heavy atom. The van der Waals surface area contributed by atoms with Crippen molar-refractivity contribution in [3.63, 3.8) is 0 Å². The van der Waals surface area contributed by atoms with Gasteiger partial charge in [0.2, 0.25) is 0 Å². The number of rotatable bonds is 3. The highest BCUT2D eigenvalue weighted by molar-refractivity contribution is 6.03. The lowest BCUT2D eigenvalue weighted by atomic mass is 9.60. The summed E-state index contributed by atoms with van der Waals surface area (Å²) in [4.78, 5) is 43.2. The largest absolute Gasteiger partial charge is 0.472 e. The van der Waals surface area contributed by atoms with E-state index in [1.807, 2.05) is 32.9 Å². The molecule has 0 spiro atoms. The Hall–Kier alpha value is -3.22. The van der Waals surface area contributed by atoms with Crippen molar-refractivity contribution >= 4 is 23.3 Å². The summed E-state index contributed by atoms with van der Waals surface area (Å²) in [6.45, 7) is 8.05. The number of methoxy groups -OCH3 is 1. The van der Waals surface area contributed by atoms with Gasteiger partial charge in [-0.3, -0.25) is 14.6 Å². The van der Waals surface area contributed by atoms with Gasteiger partial charge in [0, 0.05) is 51.6 Å². The minimum atomic E-state index is -0.494. The molecular formula is C27H29NO6. The number of Topliss-reactive ketones (excluding diaryl/α,β-unsaturated/α-hetero) is 1. The number of nitrogens with zero attached hydrogens (tertiary/aromatic N) is 1. The summed E-state index contributed by atoms with van der Waals surface area (Å²) in [5.41, 5.74) is 3.70. The highest BCUT2D eigenvalue weighted by atomic mass is 16.5. The van der Waals surface area contributed by atoms with Crippen molar-refractivity contribution in [3.8, 4) is 0 Å². The Morgan fingerprint density at radius 3 is 2.68 bits per heavy atom. The molecule has 34 heavy (non-hydrogen) atoms. The summed E-state index contributed by atoms with van der Waals surface area (Å²) < 4.78 is 15.9. The molecule has 1 aliphatic heterocycles. The molecule has 0 bridgehead atoms. The molecule has 3 aliphatic rings. The third-order valence-electron chi connectivity index (χ3n) is 8.24. The SMILES string of the molecule is COC(=O)C[C@H]1[C@@H](C)C(=O)c2cc3c(nc2C1(C)C)CC[C@]1(C)C3=CC(=O)O[C@H]1c1ccoc1. The van der Waals surface area contributed by atoms with Gasteiger partial charge in [0.05, 0.1) is 25.3 Å². The molecular weight excluding hydrogens is 434 g/mol. The lowest BCUT2D eigenvalue weighted by Gasteiger charge is -2.46. The number of ketones is 1. The van der Waals surface area contributed by atoms with Gasteiger partial charge in [0.25, 0.3) is 0 Å². The highest BCUT2D eigenvalue weighted by Crippen LogP contribution is 2.56. The standard InChI is InChI=1S/C27H29NO6/c1-14-18(11-21(29)32-5)26(2,3)24-17(23(14)31)10-16-19-12-22(30)34-25(15-7-9-33-13-15)27(19,4)8-6-20(16)28-24/h7,9-10,12-14,18,25H,6,8,11H2,1-5H3/t14-,18+,25+,27-/m1/s1. The fourth-order valence-corrected chi connectivity index (χ4v) is 6.17. The summed E-state index contributed by atoms with van der Waals surface area (Å²) in [5.74, 6) is -1.35. The van der Waals surface area contributed by atoms with E-state index in [9.17, 15) is 14.4 Å². The number of ether oxygens (including phenoxy) is 2. The smallest absolute Gasteiger partial charge is 0.331 e. The van der Waals surface area contributed by atoms with Gasteiger partial charge >= 0.3 is 11.9 Å². The molecule has 0 saturated heterocycles. The molecule has 0 fully saturated rings. The van der Waals surface area contributed by atoms with Gasteiger partial charge < -0.3 is 13.9 Å². The van der Waals surface area contributed by atoms with Gasteiger partial charge in [-0.25, -0.2) is 4.79 Å². The summed E-state index contributed by atoms with van der Waals surface area (Å²) >= 11 is 0. The first-order valence-corrected chi connectivity index (χ1v) is 11.7. The number of aryl methyl sites for hydroxylation is 1. The van der Waals surface area contributed by atoms with E-state index in [4.69, 9.17) is 18.9 Å². The van der Waals surface area contributed by atoms with Crippen molar-refractivity contribution in [3.05, 3.63) is 58.8 Å². The molecule has 2 aromatic heterocycles. The number of pyridine rings is 1. The van der Waals surface area contributed by atoms with Gasteiger partial charge in [-0.2, -0.15) is 0 Å². The van der Waals surface area contributed by atoms with E-state index >= 15 is 0 Å². The quantitative estimate of drug-likeness (QED) is 0.614. The Bertz CT molecular complexity index is 1220. The third-order valence-corrected chi connectivity index (χ3v) is 8.24. The van der Waals surface area contributed by atoms with E-state index in [-0.39, 0.29) is 30.0 Å². The molecule has 3 heterocycles. The van der Waals surface area contributed by atoms with Crippen molar-refractivity contribution in [2.45, 2.75) is 58.5 Å². The van der Waals surface area contributed by atoms with Crippen LogP contribution in [-0.4, -0.2) is 29.8 Å². The second kappa shape index (κ2) is 7.65. The van der Waals surface area contributed by atoms with E-state index in [0.717, 1.165) is 34.5 Å². The lowest BCUT2D eigenvalue weighted by molar-refractivity contribution is -0.150. The van der Waals surface area contributed by atoms with Crippen LogP contribution in [-0.2, 0) is 30.9 Å². The van der Waals surface area contributed by atoms with Gasteiger partial charge in [-0.15, -0.1) is 0 Å². The molecule has 2 aliphatic carbocycles. The molecule has 0 unspecified atom stereocenters. The summed E-state index contributed by atoms with van der Waals surface area (Å²) in [5, 5.41) is 0. The minimum Gasteiger partial charge on any atom is -0.472 e.